The predicted octanol–water partition coefficient (Wildman–Crippen LogP) is 2.10. The van der Waals surface area contributed by atoms with Gasteiger partial charge in [-0.1, -0.05) is 6.58 Å². The van der Waals surface area contributed by atoms with Crippen molar-refractivity contribution in [1.29, 1.82) is 0 Å². The fourth-order valence-corrected chi connectivity index (χ4v) is 0.256. The van der Waals surface area contributed by atoms with Crippen molar-refractivity contribution in [2.24, 2.45) is 0 Å². The lowest BCUT2D eigenvalue weighted by molar-refractivity contribution is -0.129. The molecule has 0 radical (unpaired) electrons. The van der Waals surface area contributed by atoms with Crippen molar-refractivity contribution in [1.82, 2.24) is 0 Å². The van der Waals surface area contributed by atoms with E-state index in [2.05, 4.69) is 11.3 Å². The van der Waals surface area contributed by atoms with E-state index < -0.39 is 11.9 Å². The average molecular weight is 140 g/mol. The summed E-state index contributed by atoms with van der Waals surface area (Å²) in [6.07, 6.45) is -4.41. The first-order valence-electron chi connectivity index (χ1n) is 2.37. The standard InChI is InChI=1S/C5H7F3O/c1-3-9-4(2)5(6,7)8/h2-3H2,1H3. The van der Waals surface area contributed by atoms with E-state index in [4.69, 9.17) is 0 Å². The van der Waals surface area contributed by atoms with E-state index in [1.165, 1.54) is 6.92 Å². The Bertz CT molecular complexity index is 105. The Labute approximate surface area is 51.1 Å². The molecule has 0 saturated carbocycles. The normalized spacial score (nSPS) is 11.1. The molecule has 0 bridgehead atoms. The summed E-state index contributed by atoms with van der Waals surface area (Å²) in [4.78, 5) is 0. The first-order valence-corrected chi connectivity index (χ1v) is 2.37. The number of hydrogen-bond donors (Lipinski definition) is 0. The molecule has 0 atom stereocenters. The molecule has 0 aromatic carbocycles. The van der Waals surface area contributed by atoms with Crippen molar-refractivity contribution in [2.75, 3.05) is 6.61 Å². The van der Waals surface area contributed by atoms with Crippen LogP contribution in [0, 0.1) is 0 Å². The maximum absolute atomic E-state index is 11.4. The molecule has 0 aliphatic rings. The second kappa shape index (κ2) is 2.75. The van der Waals surface area contributed by atoms with E-state index in [9.17, 15) is 13.2 Å². The van der Waals surface area contributed by atoms with Gasteiger partial charge in [0.15, 0.2) is 5.76 Å². The van der Waals surface area contributed by atoms with Crippen LogP contribution in [0.1, 0.15) is 6.92 Å². The molecule has 54 valence electrons. The van der Waals surface area contributed by atoms with Gasteiger partial charge in [-0.05, 0) is 6.92 Å². The summed E-state index contributed by atoms with van der Waals surface area (Å²) in [7, 11) is 0. The van der Waals surface area contributed by atoms with Crippen LogP contribution in [0.2, 0.25) is 0 Å². The van der Waals surface area contributed by atoms with Gasteiger partial charge < -0.3 is 4.74 Å². The minimum Gasteiger partial charge on any atom is -0.490 e. The molecular weight excluding hydrogens is 133 g/mol. The van der Waals surface area contributed by atoms with Gasteiger partial charge in [-0.3, -0.25) is 0 Å². The van der Waals surface area contributed by atoms with Crippen molar-refractivity contribution in [3.05, 3.63) is 12.3 Å². The van der Waals surface area contributed by atoms with E-state index in [-0.39, 0.29) is 6.61 Å². The van der Waals surface area contributed by atoms with Crippen molar-refractivity contribution in [3.8, 4) is 0 Å². The molecule has 0 amide bonds. The van der Waals surface area contributed by atoms with Gasteiger partial charge in [0.05, 0.1) is 6.61 Å². The minimum absolute atomic E-state index is 0.00164. The molecular formula is C5H7F3O. The van der Waals surface area contributed by atoms with E-state index in [1.807, 2.05) is 0 Å². The van der Waals surface area contributed by atoms with Gasteiger partial charge in [-0.25, -0.2) is 0 Å². The summed E-state index contributed by atoms with van der Waals surface area (Å²) in [5.74, 6) is -1.13. The number of halogens is 3. The second-order valence-corrected chi connectivity index (χ2v) is 1.35. The fraction of sp³-hybridized carbons (Fsp3) is 0.600. The molecule has 0 N–H and O–H groups in total. The van der Waals surface area contributed by atoms with Crippen LogP contribution in [0.5, 0.6) is 0 Å². The van der Waals surface area contributed by atoms with Gasteiger partial charge in [0.1, 0.15) is 0 Å². The number of allylic oxidation sites excluding steroid dienone is 1. The Morgan fingerprint density at radius 1 is 1.56 bits per heavy atom. The third kappa shape index (κ3) is 3.00. The molecule has 0 saturated heterocycles. The summed E-state index contributed by atoms with van der Waals surface area (Å²) < 4.78 is 38.3. The number of rotatable bonds is 2. The Morgan fingerprint density at radius 3 is 2.11 bits per heavy atom. The van der Waals surface area contributed by atoms with E-state index >= 15 is 0 Å². The van der Waals surface area contributed by atoms with Gasteiger partial charge in [0.25, 0.3) is 0 Å². The number of alkyl halides is 3. The van der Waals surface area contributed by atoms with Crippen LogP contribution >= 0.6 is 0 Å². The lowest BCUT2D eigenvalue weighted by atomic mass is 10.5. The van der Waals surface area contributed by atoms with Crippen LogP contribution in [-0.2, 0) is 4.74 Å². The summed E-state index contributed by atoms with van der Waals surface area (Å²) in [5.41, 5.74) is 0. The molecule has 0 aliphatic heterocycles. The SMILES string of the molecule is C=C(OCC)C(F)(F)F. The number of hydrogen-bond acceptors (Lipinski definition) is 1. The molecule has 0 heterocycles. The molecule has 0 spiro atoms. The Hall–Kier alpha value is -0.670. The first kappa shape index (κ1) is 8.33. The molecule has 0 aliphatic carbocycles. The van der Waals surface area contributed by atoms with Crippen molar-refractivity contribution >= 4 is 0 Å². The van der Waals surface area contributed by atoms with E-state index in [1.54, 1.807) is 0 Å². The maximum Gasteiger partial charge on any atom is 0.448 e. The van der Waals surface area contributed by atoms with Gasteiger partial charge >= 0.3 is 6.18 Å². The topological polar surface area (TPSA) is 9.23 Å². The molecule has 9 heavy (non-hydrogen) atoms. The van der Waals surface area contributed by atoms with Gasteiger partial charge in [0, 0.05) is 0 Å². The monoisotopic (exact) mass is 140 g/mol. The molecule has 0 aromatic heterocycles. The van der Waals surface area contributed by atoms with Crippen LogP contribution in [-0.4, -0.2) is 12.8 Å². The van der Waals surface area contributed by atoms with Crippen LogP contribution in [0.25, 0.3) is 0 Å². The average Bonchev–Trinajstić information content (AvgIpc) is 1.64. The van der Waals surface area contributed by atoms with Crippen LogP contribution in [0.15, 0.2) is 12.3 Å². The van der Waals surface area contributed by atoms with Crippen molar-refractivity contribution in [3.63, 3.8) is 0 Å². The van der Waals surface area contributed by atoms with Crippen LogP contribution < -0.4 is 0 Å². The molecule has 0 fully saturated rings. The lowest BCUT2D eigenvalue weighted by Gasteiger charge is -2.08. The third-order valence-corrected chi connectivity index (χ3v) is 0.635. The zero-order valence-corrected chi connectivity index (χ0v) is 4.96. The van der Waals surface area contributed by atoms with Crippen LogP contribution in [0.4, 0.5) is 13.2 Å². The molecule has 0 rings (SSSR count). The summed E-state index contributed by atoms with van der Waals surface area (Å²) in [6, 6.07) is 0. The highest BCUT2D eigenvalue weighted by Crippen LogP contribution is 2.24. The number of ether oxygens (including phenoxy) is 1. The highest BCUT2D eigenvalue weighted by Gasteiger charge is 2.33. The Kier molecular flexibility index (Phi) is 2.55. The van der Waals surface area contributed by atoms with Gasteiger partial charge in [-0.15, -0.1) is 0 Å². The summed E-state index contributed by atoms with van der Waals surface area (Å²) >= 11 is 0. The maximum atomic E-state index is 11.4. The van der Waals surface area contributed by atoms with Gasteiger partial charge in [0.2, 0.25) is 0 Å². The van der Waals surface area contributed by atoms with Gasteiger partial charge in [-0.2, -0.15) is 13.2 Å². The molecule has 0 aromatic rings. The predicted molar refractivity (Wildman–Crippen MR) is 26.8 cm³/mol. The third-order valence-electron chi connectivity index (χ3n) is 0.635. The molecule has 0 unspecified atom stereocenters. The van der Waals surface area contributed by atoms with Crippen molar-refractivity contribution < 1.29 is 17.9 Å². The van der Waals surface area contributed by atoms with E-state index in [0.29, 0.717) is 0 Å². The quantitative estimate of drug-likeness (QED) is 0.533. The smallest absolute Gasteiger partial charge is 0.448 e. The molecule has 1 nitrogen and oxygen atoms in total. The zero-order chi connectivity index (χ0) is 7.49. The highest BCUT2D eigenvalue weighted by molar-refractivity contribution is 4.91. The zero-order valence-electron chi connectivity index (χ0n) is 4.96. The fourth-order valence-electron chi connectivity index (χ4n) is 0.256. The highest BCUT2D eigenvalue weighted by atomic mass is 19.4. The van der Waals surface area contributed by atoms with Crippen molar-refractivity contribution in [2.45, 2.75) is 13.1 Å². The first-order chi connectivity index (χ1) is 3.98. The second-order valence-electron chi connectivity index (χ2n) is 1.35. The summed E-state index contributed by atoms with van der Waals surface area (Å²) in [5, 5.41) is 0. The lowest BCUT2D eigenvalue weighted by Crippen LogP contribution is -2.13. The molecule has 4 heteroatoms. The minimum atomic E-state index is -4.41. The van der Waals surface area contributed by atoms with Crippen LogP contribution in [0.3, 0.4) is 0 Å². The largest absolute Gasteiger partial charge is 0.490 e. The Morgan fingerprint density at radius 2 is 2.00 bits per heavy atom. The Balaban J connectivity index is 3.74. The van der Waals surface area contributed by atoms with E-state index in [0.717, 1.165) is 0 Å². The summed E-state index contributed by atoms with van der Waals surface area (Å²) in [6.45, 7) is 4.14.